The minimum atomic E-state index is -0.529. The third-order valence-electron chi connectivity index (χ3n) is 4.72. The van der Waals surface area contributed by atoms with Crippen LogP contribution in [0.25, 0.3) is 11.1 Å². The Morgan fingerprint density at radius 2 is 1.84 bits per heavy atom. The molecule has 0 saturated heterocycles. The summed E-state index contributed by atoms with van der Waals surface area (Å²) in [6, 6.07) is 15.6. The first kappa shape index (κ1) is 21.3. The quantitative estimate of drug-likeness (QED) is 0.383. The van der Waals surface area contributed by atoms with Gasteiger partial charge in [-0.25, -0.2) is 13.8 Å². The summed E-state index contributed by atoms with van der Waals surface area (Å²) in [7, 11) is 0. The lowest BCUT2D eigenvalue weighted by Gasteiger charge is -2.17. The average Bonchev–Trinajstić information content (AvgIpc) is 3.29. The molecule has 3 aromatic carbocycles. The van der Waals surface area contributed by atoms with Gasteiger partial charge in [-0.05, 0) is 48.5 Å². The molecular weight excluding hydrogens is 434 g/mol. The number of hydrogen-bond donors (Lipinski definition) is 2. The Labute approximate surface area is 188 Å². The van der Waals surface area contributed by atoms with Crippen LogP contribution >= 0.6 is 11.6 Å². The molecule has 0 aliphatic heterocycles. The third kappa shape index (κ3) is 4.85. The van der Waals surface area contributed by atoms with Gasteiger partial charge in [0.2, 0.25) is 0 Å². The molecule has 6 nitrogen and oxygen atoms in total. The number of aromatic nitrogens is 3. The van der Waals surface area contributed by atoms with E-state index >= 15 is 4.39 Å². The highest BCUT2D eigenvalue weighted by molar-refractivity contribution is 6.30. The molecule has 9 heteroatoms. The normalized spacial score (nSPS) is 10.6. The van der Waals surface area contributed by atoms with Crippen LogP contribution in [0.2, 0.25) is 5.02 Å². The van der Waals surface area contributed by atoms with E-state index < -0.39 is 5.82 Å². The Morgan fingerprint density at radius 1 is 1.03 bits per heavy atom. The minimum absolute atomic E-state index is 0.251. The summed E-state index contributed by atoms with van der Waals surface area (Å²) >= 11 is 6.02. The molecule has 0 radical (unpaired) electrons. The van der Waals surface area contributed by atoms with Gasteiger partial charge in [-0.3, -0.25) is 4.68 Å². The summed E-state index contributed by atoms with van der Waals surface area (Å²) in [6.45, 7) is 0.938. The lowest BCUT2D eigenvalue weighted by atomic mass is 9.97. The second-order valence-corrected chi connectivity index (χ2v) is 7.34. The van der Waals surface area contributed by atoms with Gasteiger partial charge in [0.1, 0.15) is 24.3 Å². The van der Waals surface area contributed by atoms with Crippen LogP contribution in [0, 0.1) is 23.0 Å². The number of hydrogen-bond acceptors (Lipinski definition) is 5. The first-order chi connectivity index (χ1) is 15.5. The van der Waals surface area contributed by atoms with E-state index in [0.717, 1.165) is 0 Å². The summed E-state index contributed by atoms with van der Waals surface area (Å²) < 4.78 is 30.2. The average molecular weight is 451 g/mol. The van der Waals surface area contributed by atoms with Gasteiger partial charge >= 0.3 is 0 Å². The summed E-state index contributed by atoms with van der Waals surface area (Å²) in [5.74, 6) is -0.890. The Hall–Kier alpha value is -3.96. The maximum Gasteiger partial charge on any atom is 0.137 e. The monoisotopic (exact) mass is 450 g/mol. The van der Waals surface area contributed by atoms with E-state index in [1.54, 1.807) is 41.3 Å². The van der Waals surface area contributed by atoms with E-state index in [-0.39, 0.29) is 16.9 Å². The molecule has 0 spiro atoms. The molecule has 2 N–H and O–H groups in total. The zero-order valence-corrected chi connectivity index (χ0v) is 17.4. The maximum atomic E-state index is 15.4. The topological polar surface area (TPSA) is 78.6 Å². The van der Waals surface area contributed by atoms with Crippen molar-refractivity contribution in [1.82, 2.24) is 14.8 Å². The molecule has 0 bridgehead atoms. The summed E-state index contributed by atoms with van der Waals surface area (Å²) in [4.78, 5) is 3.90. The van der Waals surface area contributed by atoms with Crippen molar-refractivity contribution in [2.24, 2.45) is 0 Å². The van der Waals surface area contributed by atoms with Crippen LogP contribution in [0.4, 0.5) is 25.8 Å². The van der Waals surface area contributed by atoms with Gasteiger partial charge in [0.15, 0.2) is 0 Å². The van der Waals surface area contributed by atoms with Gasteiger partial charge in [-0.1, -0.05) is 17.7 Å². The maximum absolute atomic E-state index is 15.4. The van der Waals surface area contributed by atoms with Crippen LogP contribution in [-0.2, 0) is 6.54 Å². The lowest BCUT2D eigenvalue weighted by Crippen LogP contribution is -2.12. The highest BCUT2D eigenvalue weighted by Crippen LogP contribution is 2.37. The van der Waals surface area contributed by atoms with Crippen molar-refractivity contribution in [3.05, 3.63) is 89.5 Å². The fourth-order valence-electron chi connectivity index (χ4n) is 3.27. The SMILES string of the molecule is N#Cc1cc(Cl)ccc1-c1c(F)cc(Nc2ccc(F)cc2)cc1NCCn1cncn1. The van der Waals surface area contributed by atoms with Crippen LogP contribution < -0.4 is 10.6 Å². The predicted octanol–water partition coefficient (Wildman–Crippen LogP) is 5.60. The van der Waals surface area contributed by atoms with Gasteiger partial charge in [-0.15, -0.1) is 0 Å². The molecule has 0 aliphatic rings. The van der Waals surface area contributed by atoms with Gasteiger partial charge in [0.05, 0.1) is 18.2 Å². The highest BCUT2D eigenvalue weighted by atomic mass is 35.5. The Kier molecular flexibility index (Phi) is 6.29. The number of rotatable bonds is 7. The predicted molar refractivity (Wildman–Crippen MR) is 120 cm³/mol. The van der Waals surface area contributed by atoms with E-state index in [4.69, 9.17) is 11.6 Å². The summed E-state index contributed by atoms with van der Waals surface area (Å²) in [5, 5.41) is 20.3. The molecule has 4 rings (SSSR count). The molecule has 0 atom stereocenters. The Balaban J connectivity index is 1.72. The smallest absolute Gasteiger partial charge is 0.137 e. The van der Waals surface area contributed by atoms with Crippen molar-refractivity contribution in [1.29, 1.82) is 5.26 Å². The summed E-state index contributed by atoms with van der Waals surface area (Å²) in [6.07, 6.45) is 3.02. The summed E-state index contributed by atoms with van der Waals surface area (Å²) in [5.41, 5.74) is 2.49. The fourth-order valence-corrected chi connectivity index (χ4v) is 3.44. The molecule has 1 aromatic heterocycles. The largest absolute Gasteiger partial charge is 0.383 e. The van der Waals surface area contributed by atoms with Crippen molar-refractivity contribution >= 4 is 28.7 Å². The van der Waals surface area contributed by atoms with Crippen LogP contribution in [0.5, 0.6) is 0 Å². The highest BCUT2D eigenvalue weighted by Gasteiger charge is 2.17. The van der Waals surface area contributed by atoms with Crippen molar-refractivity contribution in [2.75, 3.05) is 17.2 Å². The Morgan fingerprint density at radius 3 is 2.56 bits per heavy atom. The van der Waals surface area contributed by atoms with E-state index in [1.165, 1.54) is 30.6 Å². The zero-order valence-electron chi connectivity index (χ0n) is 16.7. The molecule has 0 fully saturated rings. The number of halogens is 3. The molecule has 0 amide bonds. The van der Waals surface area contributed by atoms with E-state index in [9.17, 15) is 9.65 Å². The molecular formula is C23H17ClF2N6. The van der Waals surface area contributed by atoms with Crippen molar-refractivity contribution in [3.63, 3.8) is 0 Å². The first-order valence-corrected chi connectivity index (χ1v) is 10.0. The molecule has 32 heavy (non-hydrogen) atoms. The van der Waals surface area contributed by atoms with E-state index in [2.05, 4.69) is 26.8 Å². The second-order valence-electron chi connectivity index (χ2n) is 6.90. The van der Waals surface area contributed by atoms with Gasteiger partial charge < -0.3 is 10.6 Å². The number of anilines is 3. The van der Waals surface area contributed by atoms with Crippen LogP contribution in [0.1, 0.15) is 5.56 Å². The molecule has 160 valence electrons. The van der Waals surface area contributed by atoms with Gasteiger partial charge in [-0.2, -0.15) is 10.4 Å². The van der Waals surface area contributed by atoms with E-state index in [0.29, 0.717) is 40.7 Å². The van der Waals surface area contributed by atoms with Gasteiger partial charge in [0.25, 0.3) is 0 Å². The lowest BCUT2D eigenvalue weighted by molar-refractivity contribution is 0.627. The van der Waals surface area contributed by atoms with Crippen molar-refractivity contribution in [3.8, 4) is 17.2 Å². The number of nitrogens with zero attached hydrogens (tertiary/aromatic N) is 4. The number of nitriles is 1. The van der Waals surface area contributed by atoms with Crippen molar-refractivity contribution < 1.29 is 8.78 Å². The number of benzene rings is 3. The molecule has 0 unspecified atom stereocenters. The van der Waals surface area contributed by atoms with Gasteiger partial charge in [0, 0.05) is 39.8 Å². The minimum Gasteiger partial charge on any atom is -0.383 e. The number of nitrogens with one attached hydrogen (secondary N) is 2. The second kappa shape index (κ2) is 9.45. The molecule has 1 heterocycles. The fraction of sp³-hybridized carbons (Fsp3) is 0.0870. The zero-order chi connectivity index (χ0) is 22.5. The van der Waals surface area contributed by atoms with Crippen molar-refractivity contribution in [2.45, 2.75) is 6.54 Å². The van der Waals surface area contributed by atoms with Crippen LogP contribution in [0.15, 0.2) is 67.3 Å². The molecule has 4 aromatic rings. The third-order valence-corrected chi connectivity index (χ3v) is 4.95. The molecule has 0 aliphatic carbocycles. The standard InChI is InChI=1S/C23H17ClF2N6/c24-16-1-6-20(15(9-16)12-27)23-21(26)10-19(31-18-4-2-17(25)3-5-18)11-22(23)29-7-8-32-14-28-13-30-32/h1-6,9-11,13-14,29,31H,7-8H2. The molecule has 0 saturated carbocycles. The Bertz CT molecular complexity index is 1270. The van der Waals surface area contributed by atoms with E-state index in [1.807, 2.05) is 0 Å². The first-order valence-electron chi connectivity index (χ1n) is 9.66. The van der Waals surface area contributed by atoms with Crippen LogP contribution in [-0.4, -0.2) is 21.3 Å². The van der Waals surface area contributed by atoms with Crippen LogP contribution in [0.3, 0.4) is 0 Å².